The van der Waals surface area contributed by atoms with E-state index in [1.54, 1.807) is 12.1 Å². The van der Waals surface area contributed by atoms with Crippen LogP contribution < -0.4 is 15.4 Å². The van der Waals surface area contributed by atoms with Crippen molar-refractivity contribution >= 4 is 28.8 Å². The molecule has 35 heavy (non-hydrogen) atoms. The Morgan fingerprint density at radius 2 is 1.74 bits per heavy atom. The summed E-state index contributed by atoms with van der Waals surface area (Å²) in [6.07, 6.45) is 2.16. The summed E-state index contributed by atoms with van der Waals surface area (Å²) < 4.78 is 11.4. The number of fused-ring (bicyclic) bond motifs is 1. The van der Waals surface area contributed by atoms with Crippen LogP contribution in [0.4, 0.5) is 10.5 Å². The van der Waals surface area contributed by atoms with E-state index < -0.39 is 5.97 Å². The number of anilines is 1. The van der Waals surface area contributed by atoms with Crippen molar-refractivity contribution < 1.29 is 23.8 Å². The van der Waals surface area contributed by atoms with Gasteiger partial charge in [0.15, 0.2) is 5.58 Å². The summed E-state index contributed by atoms with van der Waals surface area (Å²) >= 11 is 0. The molecule has 0 radical (unpaired) electrons. The Morgan fingerprint density at radius 1 is 0.943 bits per heavy atom. The number of urea groups is 1. The Hall–Kier alpha value is -4.33. The predicted molar refractivity (Wildman–Crippen MR) is 135 cm³/mol. The minimum absolute atomic E-state index is 0.138. The van der Waals surface area contributed by atoms with Gasteiger partial charge in [-0.3, -0.25) is 4.79 Å². The highest BCUT2D eigenvalue weighted by Crippen LogP contribution is 2.33. The van der Waals surface area contributed by atoms with E-state index in [2.05, 4.69) is 15.6 Å². The Morgan fingerprint density at radius 3 is 2.51 bits per heavy atom. The van der Waals surface area contributed by atoms with Crippen LogP contribution >= 0.6 is 0 Å². The van der Waals surface area contributed by atoms with E-state index in [1.165, 1.54) is 7.11 Å². The minimum Gasteiger partial charge on any atom is -0.495 e. The zero-order valence-corrected chi connectivity index (χ0v) is 19.4. The summed E-state index contributed by atoms with van der Waals surface area (Å²) in [5, 5.41) is 14.3. The highest BCUT2D eigenvalue weighted by atomic mass is 16.5. The van der Waals surface area contributed by atoms with E-state index in [4.69, 9.17) is 14.3 Å². The molecule has 0 aliphatic carbocycles. The molecule has 8 nitrogen and oxygen atoms in total. The van der Waals surface area contributed by atoms with Crippen LogP contribution in [-0.4, -0.2) is 35.7 Å². The van der Waals surface area contributed by atoms with E-state index in [-0.39, 0.29) is 12.5 Å². The molecule has 2 amide bonds. The van der Waals surface area contributed by atoms with Crippen LogP contribution in [0.5, 0.6) is 5.75 Å². The van der Waals surface area contributed by atoms with Gasteiger partial charge in [-0.25, -0.2) is 9.78 Å². The molecule has 0 saturated carbocycles. The SMILES string of the molecule is COc1ccc(-c2nc3cc(-c4ccccc4)ccc3o2)cc1NC(=O)NCCCCCC(=O)O. The smallest absolute Gasteiger partial charge is 0.319 e. The van der Waals surface area contributed by atoms with Gasteiger partial charge in [-0.1, -0.05) is 42.8 Å². The van der Waals surface area contributed by atoms with Crippen LogP contribution in [0.2, 0.25) is 0 Å². The number of hydrogen-bond donors (Lipinski definition) is 3. The first-order valence-corrected chi connectivity index (χ1v) is 11.4. The lowest BCUT2D eigenvalue weighted by molar-refractivity contribution is -0.137. The molecule has 1 heterocycles. The maximum atomic E-state index is 12.4. The number of benzene rings is 3. The fraction of sp³-hybridized carbons (Fsp3) is 0.222. The van der Waals surface area contributed by atoms with Gasteiger partial charge in [0, 0.05) is 18.5 Å². The zero-order valence-electron chi connectivity index (χ0n) is 19.4. The number of aromatic nitrogens is 1. The quantitative estimate of drug-likeness (QED) is 0.246. The fourth-order valence-electron chi connectivity index (χ4n) is 3.75. The number of carboxylic acid groups (broad SMARTS) is 1. The third-order valence-corrected chi connectivity index (χ3v) is 5.54. The number of unbranched alkanes of at least 4 members (excludes halogenated alkanes) is 2. The molecule has 0 bridgehead atoms. The highest BCUT2D eigenvalue weighted by molar-refractivity contribution is 5.92. The lowest BCUT2D eigenvalue weighted by Crippen LogP contribution is -2.29. The average Bonchev–Trinajstić information content (AvgIpc) is 3.30. The van der Waals surface area contributed by atoms with Crippen LogP contribution in [0.1, 0.15) is 25.7 Å². The van der Waals surface area contributed by atoms with Gasteiger partial charge >= 0.3 is 12.0 Å². The third kappa shape index (κ3) is 6.17. The van der Waals surface area contributed by atoms with Gasteiger partial charge in [-0.15, -0.1) is 0 Å². The molecule has 4 rings (SSSR count). The second-order valence-corrected chi connectivity index (χ2v) is 8.07. The number of carbonyl (C=O) groups excluding carboxylic acids is 1. The van der Waals surface area contributed by atoms with Crippen molar-refractivity contribution in [1.82, 2.24) is 10.3 Å². The number of hydrogen-bond acceptors (Lipinski definition) is 5. The number of rotatable bonds is 10. The average molecular weight is 474 g/mol. The monoisotopic (exact) mass is 473 g/mol. The summed E-state index contributed by atoms with van der Waals surface area (Å²) in [4.78, 5) is 27.6. The number of nitrogens with zero attached hydrogens (tertiary/aromatic N) is 1. The van der Waals surface area contributed by atoms with Gasteiger partial charge in [-0.2, -0.15) is 0 Å². The standard InChI is InChI=1S/C27H27N3O5/c1-34-23-13-12-20(17-21(23)30-27(33)28-15-7-3-6-10-25(31)32)26-29-22-16-19(11-14-24(22)35-26)18-8-4-2-5-9-18/h2,4-5,8-9,11-14,16-17H,3,6-7,10,15H2,1H3,(H,31,32)(H2,28,30,33). The molecule has 1 aromatic heterocycles. The fourth-order valence-corrected chi connectivity index (χ4v) is 3.75. The Kier molecular flexibility index (Phi) is 7.62. The number of nitrogens with one attached hydrogen (secondary N) is 2. The number of methoxy groups -OCH3 is 1. The second kappa shape index (κ2) is 11.2. The van der Waals surface area contributed by atoms with Gasteiger partial charge in [0.25, 0.3) is 0 Å². The number of carbonyl (C=O) groups is 2. The summed E-state index contributed by atoms with van der Waals surface area (Å²) in [6.45, 7) is 0.447. The molecule has 0 aliphatic rings. The van der Waals surface area contributed by atoms with Crippen molar-refractivity contribution in [3.63, 3.8) is 0 Å². The van der Waals surface area contributed by atoms with Crippen molar-refractivity contribution in [1.29, 1.82) is 0 Å². The van der Waals surface area contributed by atoms with Crippen molar-refractivity contribution in [2.24, 2.45) is 0 Å². The van der Waals surface area contributed by atoms with E-state index in [1.807, 2.05) is 54.6 Å². The topological polar surface area (TPSA) is 114 Å². The summed E-state index contributed by atoms with van der Waals surface area (Å²) in [7, 11) is 1.53. The van der Waals surface area contributed by atoms with Crippen molar-refractivity contribution in [3.05, 3.63) is 66.7 Å². The number of oxazole rings is 1. The molecule has 0 atom stereocenters. The van der Waals surface area contributed by atoms with E-state index in [9.17, 15) is 9.59 Å². The molecule has 0 fully saturated rings. The molecule has 0 unspecified atom stereocenters. The predicted octanol–water partition coefficient (Wildman–Crippen LogP) is 5.94. The number of amides is 2. The van der Waals surface area contributed by atoms with Crippen molar-refractivity contribution in [2.45, 2.75) is 25.7 Å². The number of ether oxygens (including phenoxy) is 1. The molecule has 0 aliphatic heterocycles. The number of aliphatic carboxylic acids is 1. The molecule has 3 N–H and O–H groups in total. The normalized spacial score (nSPS) is 10.8. The Bertz CT molecular complexity index is 1320. The minimum atomic E-state index is -0.807. The van der Waals surface area contributed by atoms with Crippen LogP contribution in [0, 0.1) is 0 Å². The lowest BCUT2D eigenvalue weighted by Gasteiger charge is -2.12. The summed E-state index contributed by atoms with van der Waals surface area (Å²) in [5.41, 5.74) is 4.75. The van der Waals surface area contributed by atoms with Crippen LogP contribution in [0.25, 0.3) is 33.7 Å². The van der Waals surface area contributed by atoms with Gasteiger partial charge in [0.05, 0.1) is 12.8 Å². The molecule has 4 aromatic rings. The van der Waals surface area contributed by atoms with Crippen LogP contribution in [0.15, 0.2) is 71.1 Å². The van der Waals surface area contributed by atoms with E-state index in [0.29, 0.717) is 47.9 Å². The van der Waals surface area contributed by atoms with Crippen molar-refractivity contribution in [3.8, 4) is 28.3 Å². The van der Waals surface area contributed by atoms with Crippen LogP contribution in [-0.2, 0) is 4.79 Å². The van der Waals surface area contributed by atoms with Crippen molar-refractivity contribution in [2.75, 3.05) is 19.0 Å². The Labute approximate surface area is 202 Å². The molecule has 8 heteroatoms. The third-order valence-electron chi connectivity index (χ3n) is 5.54. The molecule has 0 saturated heterocycles. The first kappa shape index (κ1) is 23.8. The second-order valence-electron chi connectivity index (χ2n) is 8.07. The largest absolute Gasteiger partial charge is 0.495 e. The highest BCUT2D eigenvalue weighted by Gasteiger charge is 2.14. The Balaban J connectivity index is 1.46. The maximum absolute atomic E-state index is 12.4. The lowest BCUT2D eigenvalue weighted by atomic mass is 10.1. The van der Waals surface area contributed by atoms with E-state index >= 15 is 0 Å². The molecule has 3 aromatic carbocycles. The summed E-state index contributed by atoms with van der Waals surface area (Å²) in [5.74, 6) is 0.140. The number of carboxylic acids is 1. The molecular formula is C27H27N3O5. The summed E-state index contributed by atoms with van der Waals surface area (Å²) in [6, 6.07) is 20.9. The van der Waals surface area contributed by atoms with Gasteiger partial charge in [0.1, 0.15) is 11.3 Å². The first-order valence-electron chi connectivity index (χ1n) is 11.4. The maximum Gasteiger partial charge on any atom is 0.319 e. The van der Waals surface area contributed by atoms with E-state index in [0.717, 1.165) is 23.1 Å². The first-order chi connectivity index (χ1) is 17.0. The molecular weight excluding hydrogens is 446 g/mol. The van der Waals surface area contributed by atoms with Gasteiger partial charge in [-0.05, 0) is 54.3 Å². The zero-order chi connectivity index (χ0) is 24.6. The van der Waals surface area contributed by atoms with Gasteiger partial charge < -0.3 is 24.9 Å². The molecule has 180 valence electrons. The molecule has 0 spiro atoms. The van der Waals surface area contributed by atoms with Gasteiger partial charge in [0.2, 0.25) is 5.89 Å². The van der Waals surface area contributed by atoms with Crippen LogP contribution in [0.3, 0.4) is 0 Å².